The number of rotatable bonds is 8. The molecule has 5 nitrogen and oxygen atoms in total. The summed E-state index contributed by atoms with van der Waals surface area (Å²) in [5.41, 5.74) is 4.22. The number of methoxy groups -OCH3 is 1. The van der Waals surface area contributed by atoms with Gasteiger partial charge in [0.25, 0.3) is 0 Å². The van der Waals surface area contributed by atoms with Crippen LogP contribution in [-0.2, 0) is 11.3 Å². The number of ether oxygens (including phenoxy) is 1. The fourth-order valence-corrected chi connectivity index (χ4v) is 5.62. The number of para-hydroxylation sites is 1. The Labute approximate surface area is 182 Å². The van der Waals surface area contributed by atoms with Crippen LogP contribution >= 0.6 is 11.3 Å². The highest BCUT2D eigenvalue weighted by Crippen LogP contribution is 2.33. The summed E-state index contributed by atoms with van der Waals surface area (Å²) in [5, 5.41) is 1.25. The van der Waals surface area contributed by atoms with Crippen LogP contribution in [-0.4, -0.2) is 53.6 Å². The van der Waals surface area contributed by atoms with Crippen molar-refractivity contribution in [2.75, 3.05) is 33.4 Å². The maximum Gasteiger partial charge on any atom is 0.178 e. The van der Waals surface area contributed by atoms with Gasteiger partial charge in [-0.3, -0.25) is 9.69 Å². The van der Waals surface area contributed by atoms with E-state index in [0.717, 1.165) is 68.0 Å². The number of hydrogen-bond donors (Lipinski definition) is 0. The van der Waals surface area contributed by atoms with Gasteiger partial charge in [-0.1, -0.05) is 12.1 Å². The van der Waals surface area contributed by atoms with E-state index in [9.17, 15) is 4.79 Å². The van der Waals surface area contributed by atoms with Gasteiger partial charge in [0.15, 0.2) is 5.78 Å². The van der Waals surface area contributed by atoms with Crippen LogP contribution in [0.15, 0.2) is 30.3 Å². The lowest BCUT2D eigenvalue weighted by molar-refractivity contribution is 0.0908. The quantitative estimate of drug-likeness (QED) is 0.384. The zero-order chi connectivity index (χ0) is 21.1. The highest BCUT2D eigenvalue weighted by Gasteiger charge is 2.25. The van der Waals surface area contributed by atoms with E-state index < -0.39 is 0 Å². The summed E-state index contributed by atoms with van der Waals surface area (Å²) in [6.45, 7) is 8.20. The molecule has 0 bridgehead atoms. The van der Waals surface area contributed by atoms with Crippen molar-refractivity contribution in [2.45, 2.75) is 45.6 Å². The zero-order valence-electron chi connectivity index (χ0n) is 18.2. The fraction of sp³-hybridized carbons (Fsp3) is 0.500. The molecular formula is C24H31N3O2S. The Hall–Kier alpha value is -2.02. The molecule has 0 saturated carbocycles. The Bertz CT molecular complexity index is 982. The standard InChI is InChI=1S/C24H31N3O2S/c1-17-15-20(18(2)27(17)11-6-14-29-3)22(28)16-26-12-9-19(10-13-26)24-25-21-7-4-5-8-23(21)30-24/h4-5,7-8,15,19H,6,9-14,16H2,1-3H3. The number of thiazole rings is 1. The third-order valence-corrected chi connectivity index (χ3v) is 7.42. The van der Waals surface area contributed by atoms with Gasteiger partial charge in [-0.05, 0) is 64.4 Å². The predicted molar refractivity (Wildman–Crippen MR) is 123 cm³/mol. The SMILES string of the molecule is COCCCn1c(C)cc(C(=O)CN2CCC(c3nc4ccccc4s3)CC2)c1C. The van der Waals surface area contributed by atoms with Crippen LogP contribution in [0.2, 0.25) is 0 Å². The van der Waals surface area contributed by atoms with Gasteiger partial charge in [-0.2, -0.15) is 0 Å². The van der Waals surface area contributed by atoms with E-state index >= 15 is 0 Å². The van der Waals surface area contributed by atoms with E-state index in [2.05, 4.69) is 53.6 Å². The summed E-state index contributed by atoms with van der Waals surface area (Å²) in [7, 11) is 1.73. The minimum atomic E-state index is 0.236. The molecule has 0 radical (unpaired) electrons. The molecule has 1 aliphatic heterocycles. The molecule has 1 fully saturated rings. The minimum Gasteiger partial charge on any atom is -0.385 e. The third-order valence-electron chi connectivity index (χ3n) is 6.22. The molecule has 3 heterocycles. The van der Waals surface area contributed by atoms with E-state index in [0.29, 0.717) is 12.5 Å². The van der Waals surface area contributed by atoms with Gasteiger partial charge in [0.2, 0.25) is 0 Å². The summed E-state index contributed by atoms with van der Waals surface area (Å²) in [6, 6.07) is 10.4. The number of fused-ring (bicyclic) bond motifs is 1. The van der Waals surface area contributed by atoms with Crippen LogP contribution in [0.25, 0.3) is 10.2 Å². The molecule has 2 aromatic heterocycles. The molecule has 30 heavy (non-hydrogen) atoms. The van der Waals surface area contributed by atoms with Crippen molar-refractivity contribution in [2.24, 2.45) is 0 Å². The molecule has 1 aliphatic rings. The Morgan fingerprint density at radius 3 is 2.73 bits per heavy atom. The first-order valence-electron chi connectivity index (χ1n) is 10.8. The van der Waals surface area contributed by atoms with Crippen LogP contribution in [0.3, 0.4) is 0 Å². The molecule has 1 saturated heterocycles. The van der Waals surface area contributed by atoms with Gasteiger partial charge in [0, 0.05) is 43.1 Å². The van der Waals surface area contributed by atoms with Crippen molar-refractivity contribution >= 4 is 27.3 Å². The normalized spacial score (nSPS) is 15.8. The maximum absolute atomic E-state index is 13.0. The van der Waals surface area contributed by atoms with E-state index in [1.54, 1.807) is 7.11 Å². The van der Waals surface area contributed by atoms with Gasteiger partial charge >= 0.3 is 0 Å². The van der Waals surface area contributed by atoms with Crippen LogP contribution in [0.1, 0.15) is 51.9 Å². The summed E-state index contributed by atoms with van der Waals surface area (Å²) in [6.07, 6.45) is 3.10. The second-order valence-corrected chi connectivity index (χ2v) is 9.34. The first-order chi connectivity index (χ1) is 14.6. The number of carbonyl (C=O) groups excluding carboxylic acids is 1. The summed E-state index contributed by atoms with van der Waals surface area (Å²) in [4.78, 5) is 20.2. The van der Waals surface area contributed by atoms with Crippen molar-refractivity contribution in [1.29, 1.82) is 0 Å². The maximum atomic E-state index is 13.0. The number of aryl methyl sites for hydroxylation is 1. The second kappa shape index (κ2) is 9.41. The van der Waals surface area contributed by atoms with Gasteiger partial charge in [-0.25, -0.2) is 4.98 Å². The van der Waals surface area contributed by atoms with Gasteiger partial charge in [0.05, 0.1) is 21.8 Å². The van der Waals surface area contributed by atoms with Crippen LogP contribution in [0, 0.1) is 13.8 Å². The Kier molecular flexibility index (Phi) is 6.66. The third kappa shape index (κ3) is 4.51. The number of ketones is 1. The summed E-state index contributed by atoms with van der Waals surface area (Å²) < 4.78 is 8.68. The van der Waals surface area contributed by atoms with Gasteiger partial charge in [-0.15, -0.1) is 11.3 Å². The van der Waals surface area contributed by atoms with E-state index in [-0.39, 0.29) is 5.78 Å². The largest absolute Gasteiger partial charge is 0.385 e. The van der Waals surface area contributed by atoms with Crippen LogP contribution < -0.4 is 0 Å². The first kappa shape index (κ1) is 21.2. The minimum absolute atomic E-state index is 0.236. The lowest BCUT2D eigenvalue weighted by Crippen LogP contribution is -2.36. The summed E-state index contributed by atoms with van der Waals surface area (Å²) >= 11 is 1.82. The Balaban J connectivity index is 1.34. The fourth-order valence-electron chi connectivity index (χ4n) is 4.49. The molecule has 0 N–H and O–H groups in total. The molecule has 160 valence electrons. The Morgan fingerprint density at radius 1 is 1.23 bits per heavy atom. The number of likely N-dealkylation sites (tertiary alicyclic amines) is 1. The summed E-state index contributed by atoms with van der Waals surface area (Å²) in [5.74, 6) is 0.749. The van der Waals surface area contributed by atoms with Gasteiger partial charge in [0.1, 0.15) is 0 Å². The van der Waals surface area contributed by atoms with Crippen molar-refractivity contribution < 1.29 is 9.53 Å². The van der Waals surface area contributed by atoms with Crippen LogP contribution in [0.4, 0.5) is 0 Å². The zero-order valence-corrected chi connectivity index (χ0v) is 19.0. The molecule has 0 atom stereocenters. The second-order valence-electron chi connectivity index (χ2n) is 8.28. The average Bonchev–Trinajstić information content (AvgIpc) is 3.30. The van der Waals surface area contributed by atoms with E-state index in [1.807, 2.05) is 11.3 Å². The topological polar surface area (TPSA) is 47.4 Å². The van der Waals surface area contributed by atoms with Crippen molar-refractivity contribution in [3.63, 3.8) is 0 Å². The molecule has 0 spiro atoms. The number of piperidine rings is 1. The smallest absolute Gasteiger partial charge is 0.178 e. The Morgan fingerprint density at radius 2 is 2.00 bits per heavy atom. The molecule has 1 aromatic carbocycles. The van der Waals surface area contributed by atoms with Crippen molar-refractivity contribution in [3.8, 4) is 0 Å². The molecule has 4 rings (SSSR count). The number of benzene rings is 1. The molecule has 6 heteroatoms. The predicted octanol–water partition coefficient (Wildman–Crippen LogP) is 4.81. The number of hydrogen-bond acceptors (Lipinski definition) is 5. The average molecular weight is 426 g/mol. The monoisotopic (exact) mass is 425 g/mol. The number of aromatic nitrogens is 2. The van der Waals surface area contributed by atoms with E-state index in [4.69, 9.17) is 9.72 Å². The number of carbonyl (C=O) groups is 1. The van der Waals surface area contributed by atoms with Gasteiger partial charge < -0.3 is 9.30 Å². The molecule has 0 amide bonds. The van der Waals surface area contributed by atoms with Crippen LogP contribution in [0.5, 0.6) is 0 Å². The molecule has 0 unspecified atom stereocenters. The van der Waals surface area contributed by atoms with E-state index in [1.165, 1.54) is 9.71 Å². The number of Topliss-reactive ketones (excluding diaryl/α,β-unsaturated/α-hetero) is 1. The first-order valence-corrected chi connectivity index (χ1v) is 11.6. The van der Waals surface area contributed by atoms with Crippen molar-refractivity contribution in [3.05, 3.63) is 52.3 Å². The number of nitrogens with zero attached hydrogens (tertiary/aromatic N) is 3. The lowest BCUT2D eigenvalue weighted by atomic mass is 9.97. The molecule has 3 aromatic rings. The lowest BCUT2D eigenvalue weighted by Gasteiger charge is -2.30. The van der Waals surface area contributed by atoms with Crippen molar-refractivity contribution in [1.82, 2.24) is 14.5 Å². The molecular weight excluding hydrogens is 394 g/mol. The highest BCUT2D eigenvalue weighted by atomic mass is 32.1. The highest BCUT2D eigenvalue weighted by molar-refractivity contribution is 7.18. The molecule has 0 aliphatic carbocycles.